The lowest BCUT2D eigenvalue weighted by atomic mass is 9.95. The lowest BCUT2D eigenvalue weighted by molar-refractivity contribution is -0.139. The van der Waals surface area contributed by atoms with Crippen LogP contribution in [-0.4, -0.2) is 48.7 Å². The number of nitrogens with one attached hydrogen (secondary N) is 2. The Labute approximate surface area is 158 Å². The highest BCUT2D eigenvalue weighted by atomic mass is 16.5. The van der Waals surface area contributed by atoms with Crippen LogP contribution in [0.25, 0.3) is 0 Å². The highest BCUT2D eigenvalue weighted by Crippen LogP contribution is 2.28. The summed E-state index contributed by atoms with van der Waals surface area (Å²) >= 11 is 0. The molecule has 2 rings (SSSR count). The zero-order valence-electron chi connectivity index (χ0n) is 15.5. The molecule has 148 valence electrons. The van der Waals surface area contributed by atoms with Crippen LogP contribution in [0.2, 0.25) is 0 Å². The number of carboxylic acid groups (broad SMARTS) is 1. The van der Waals surface area contributed by atoms with E-state index in [9.17, 15) is 14.4 Å². The minimum absolute atomic E-state index is 0.101. The molecule has 0 spiro atoms. The SMILES string of the molecule is CCOc1cc(C(=O)NCC(=O)NC2CCCCC2)ccc1OCC(=O)O. The van der Waals surface area contributed by atoms with Crippen molar-refractivity contribution in [2.45, 2.75) is 45.1 Å². The minimum atomic E-state index is -1.11. The Balaban J connectivity index is 1.91. The second-order valence-electron chi connectivity index (χ2n) is 6.36. The van der Waals surface area contributed by atoms with E-state index < -0.39 is 18.5 Å². The van der Waals surface area contributed by atoms with Crippen LogP contribution in [0.5, 0.6) is 11.5 Å². The molecule has 1 fully saturated rings. The van der Waals surface area contributed by atoms with E-state index in [1.807, 2.05) is 0 Å². The van der Waals surface area contributed by atoms with Crippen LogP contribution >= 0.6 is 0 Å². The fraction of sp³-hybridized carbons (Fsp3) is 0.526. The quantitative estimate of drug-likeness (QED) is 0.603. The van der Waals surface area contributed by atoms with Gasteiger partial charge < -0.3 is 25.2 Å². The van der Waals surface area contributed by atoms with E-state index in [0.29, 0.717) is 12.2 Å². The molecule has 1 aliphatic rings. The lowest BCUT2D eigenvalue weighted by Crippen LogP contribution is -2.42. The molecular weight excluding hydrogens is 352 g/mol. The van der Waals surface area contributed by atoms with Gasteiger partial charge in [-0.3, -0.25) is 9.59 Å². The number of hydrogen-bond acceptors (Lipinski definition) is 5. The second-order valence-corrected chi connectivity index (χ2v) is 6.36. The predicted octanol–water partition coefficient (Wildman–Crippen LogP) is 1.73. The van der Waals surface area contributed by atoms with Gasteiger partial charge >= 0.3 is 5.97 Å². The molecule has 1 saturated carbocycles. The van der Waals surface area contributed by atoms with Crippen molar-refractivity contribution >= 4 is 17.8 Å². The molecule has 3 N–H and O–H groups in total. The third-order valence-electron chi connectivity index (χ3n) is 4.24. The van der Waals surface area contributed by atoms with Crippen molar-refractivity contribution in [1.29, 1.82) is 0 Å². The van der Waals surface area contributed by atoms with Crippen LogP contribution < -0.4 is 20.1 Å². The average Bonchev–Trinajstić information content (AvgIpc) is 2.66. The van der Waals surface area contributed by atoms with Gasteiger partial charge in [-0.25, -0.2) is 4.79 Å². The number of hydrogen-bond donors (Lipinski definition) is 3. The van der Waals surface area contributed by atoms with Crippen LogP contribution in [-0.2, 0) is 9.59 Å². The third-order valence-corrected chi connectivity index (χ3v) is 4.24. The predicted molar refractivity (Wildman–Crippen MR) is 98.1 cm³/mol. The molecule has 0 heterocycles. The molecule has 0 radical (unpaired) electrons. The van der Waals surface area contributed by atoms with Crippen molar-refractivity contribution in [1.82, 2.24) is 10.6 Å². The topological polar surface area (TPSA) is 114 Å². The average molecular weight is 378 g/mol. The van der Waals surface area contributed by atoms with Crippen molar-refractivity contribution in [3.05, 3.63) is 23.8 Å². The minimum Gasteiger partial charge on any atom is -0.490 e. The number of aliphatic carboxylic acids is 1. The number of carbonyl (C=O) groups excluding carboxylic acids is 2. The van der Waals surface area contributed by atoms with E-state index in [2.05, 4.69) is 10.6 Å². The summed E-state index contributed by atoms with van der Waals surface area (Å²) in [6, 6.07) is 4.63. The Morgan fingerprint density at radius 1 is 1.11 bits per heavy atom. The van der Waals surface area contributed by atoms with Crippen LogP contribution in [0.3, 0.4) is 0 Å². The summed E-state index contributed by atoms with van der Waals surface area (Å²) in [6.07, 6.45) is 5.41. The van der Waals surface area contributed by atoms with Crippen molar-refractivity contribution in [3.8, 4) is 11.5 Å². The standard InChI is InChI=1S/C19H26N2O6/c1-2-26-16-10-13(8-9-15(16)27-12-18(23)24)19(25)20-11-17(22)21-14-6-4-3-5-7-14/h8-10,14H,2-7,11-12H2,1H3,(H,20,25)(H,21,22)(H,23,24). The first kappa shape index (κ1) is 20.5. The van der Waals surface area contributed by atoms with Crippen molar-refractivity contribution in [2.75, 3.05) is 19.8 Å². The van der Waals surface area contributed by atoms with Gasteiger partial charge in [0, 0.05) is 11.6 Å². The Kier molecular flexibility index (Phi) is 7.91. The molecule has 0 unspecified atom stereocenters. The van der Waals surface area contributed by atoms with Gasteiger partial charge in [0.05, 0.1) is 13.2 Å². The van der Waals surface area contributed by atoms with Crippen LogP contribution in [0.15, 0.2) is 18.2 Å². The van der Waals surface area contributed by atoms with Gasteiger partial charge in [-0.05, 0) is 38.0 Å². The Hall–Kier alpha value is -2.77. The van der Waals surface area contributed by atoms with Gasteiger partial charge in [0.1, 0.15) is 0 Å². The Morgan fingerprint density at radius 3 is 2.52 bits per heavy atom. The smallest absolute Gasteiger partial charge is 0.341 e. The molecule has 27 heavy (non-hydrogen) atoms. The van der Waals surface area contributed by atoms with Gasteiger partial charge in [0.2, 0.25) is 5.91 Å². The summed E-state index contributed by atoms with van der Waals surface area (Å²) in [4.78, 5) is 34.9. The zero-order valence-corrected chi connectivity index (χ0v) is 15.5. The molecule has 8 heteroatoms. The number of carboxylic acids is 1. The molecule has 0 aromatic heterocycles. The van der Waals surface area contributed by atoms with Crippen LogP contribution in [0, 0.1) is 0 Å². The summed E-state index contributed by atoms with van der Waals surface area (Å²) in [5, 5.41) is 14.2. The number of rotatable bonds is 9. The molecule has 1 aromatic carbocycles. The molecule has 1 aromatic rings. The van der Waals surface area contributed by atoms with E-state index in [4.69, 9.17) is 14.6 Å². The van der Waals surface area contributed by atoms with Crippen LogP contribution in [0.1, 0.15) is 49.4 Å². The summed E-state index contributed by atoms with van der Waals surface area (Å²) < 4.78 is 10.6. The molecule has 0 saturated heterocycles. The summed E-state index contributed by atoms with van der Waals surface area (Å²) in [7, 11) is 0. The fourth-order valence-corrected chi connectivity index (χ4v) is 2.96. The van der Waals surface area contributed by atoms with E-state index in [1.165, 1.54) is 24.6 Å². The maximum Gasteiger partial charge on any atom is 0.341 e. The molecule has 1 aliphatic carbocycles. The Morgan fingerprint density at radius 2 is 1.85 bits per heavy atom. The van der Waals surface area contributed by atoms with Gasteiger partial charge in [0.25, 0.3) is 5.91 Å². The second kappa shape index (κ2) is 10.4. The zero-order chi connectivity index (χ0) is 19.6. The van der Waals surface area contributed by atoms with Crippen molar-refractivity contribution in [2.24, 2.45) is 0 Å². The van der Waals surface area contributed by atoms with E-state index in [-0.39, 0.29) is 30.0 Å². The van der Waals surface area contributed by atoms with Gasteiger partial charge in [-0.1, -0.05) is 19.3 Å². The summed E-state index contributed by atoms with van der Waals surface area (Å²) in [6.45, 7) is 1.49. The molecule has 8 nitrogen and oxygen atoms in total. The normalized spacial score (nSPS) is 14.3. The Bertz CT molecular complexity index is 670. The van der Waals surface area contributed by atoms with Gasteiger partial charge in [0.15, 0.2) is 18.1 Å². The molecule has 2 amide bonds. The number of benzene rings is 1. The monoisotopic (exact) mass is 378 g/mol. The molecule has 0 atom stereocenters. The van der Waals surface area contributed by atoms with E-state index in [0.717, 1.165) is 25.7 Å². The van der Waals surface area contributed by atoms with E-state index >= 15 is 0 Å². The number of carbonyl (C=O) groups is 3. The first-order valence-corrected chi connectivity index (χ1v) is 9.18. The number of amides is 2. The molecule has 0 aliphatic heterocycles. The third kappa shape index (κ3) is 6.80. The van der Waals surface area contributed by atoms with Crippen molar-refractivity contribution < 1.29 is 29.0 Å². The lowest BCUT2D eigenvalue weighted by Gasteiger charge is -2.22. The first-order valence-electron chi connectivity index (χ1n) is 9.18. The van der Waals surface area contributed by atoms with E-state index in [1.54, 1.807) is 6.92 Å². The highest BCUT2D eigenvalue weighted by molar-refractivity contribution is 5.97. The van der Waals surface area contributed by atoms with Crippen LogP contribution in [0.4, 0.5) is 0 Å². The van der Waals surface area contributed by atoms with Gasteiger partial charge in [-0.15, -0.1) is 0 Å². The highest BCUT2D eigenvalue weighted by Gasteiger charge is 2.17. The van der Waals surface area contributed by atoms with Gasteiger partial charge in [-0.2, -0.15) is 0 Å². The summed E-state index contributed by atoms with van der Waals surface area (Å²) in [5.41, 5.74) is 0.298. The largest absolute Gasteiger partial charge is 0.490 e. The maximum absolute atomic E-state index is 12.3. The fourth-order valence-electron chi connectivity index (χ4n) is 2.96. The maximum atomic E-state index is 12.3. The molecular formula is C19H26N2O6. The van der Waals surface area contributed by atoms with Crippen molar-refractivity contribution in [3.63, 3.8) is 0 Å². The molecule has 0 bridgehead atoms. The first-order chi connectivity index (χ1) is 13.0. The summed E-state index contributed by atoms with van der Waals surface area (Å²) in [5.74, 6) is -1.21. The number of ether oxygens (including phenoxy) is 2.